The van der Waals surface area contributed by atoms with Crippen LogP contribution in [-0.2, 0) is 6.42 Å². The lowest BCUT2D eigenvalue weighted by molar-refractivity contribution is 1.18. The lowest BCUT2D eigenvalue weighted by Gasteiger charge is -1.86. The Labute approximate surface area is 112 Å². The molecular weight excluding hydrogens is 252 g/mol. The number of thiazole rings is 1. The van der Waals surface area contributed by atoms with Gasteiger partial charge in [-0.25, -0.2) is 4.98 Å². The third-order valence-electron chi connectivity index (χ3n) is 1.48. The Bertz CT molecular complexity index is 439. The molecule has 1 rings (SSSR count). The van der Waals surface area contributed by atoms with Gasteiger partial charge in [0.1, 0.15) is 5.01 Å². The van der Waals surface area contributed by atoms with Crippen LogP contribution < -0.4 is 0 Å². The maximum Gasteiger partial charge on any atom is 0.107 e. The first-order valence-electron chi connectivity index (χ1n) is 5.24. The van der Waals surface area contributed by atoms with Crippen LogP contribution >= 0.6 is 22.9 Å². The van der Waals surface area contributed by atoms with Gasteiger partial charge in [-0.1, -0.05) is 44.2 Å². The summed E-state index contributed by atoms with van der Waals surface area (Å²) in [5, 5.41) is 11.7. The monoisotopic (exact) mass is 266 g/mol. The highest BCUT2D eigenvalue weighted by atomic mass is 35.5. The van der Waals surface area contributed by atoms with Gasteiger partial charge in [-0.05, 0) is 12.2 Å². The van der Waals surface area contributed by atoms with Crippen molar-refractivity contribution >= 4 is 29.0 Å². The standard InChI is InChI=1S/C11H9ClN2S.C2H6/c1-2-3-4-9(12)7-10-8-15-11(14-10)5-6-13;1-2/h2-4,7-8H,1,5H2;1-2H3/b4-3-,9-7-;. The Kier molecular flexibility index (Phi) is 9.04. The maximum atomic E-state index is 8.48. The van der Waals surface area contributed by atoms with Crippen LogP contribution in [0.5, 0.6) is 0 Å². The summed E-state index contributed by atoms with van der Waals surface area (Å²) >= 11 is 7.37. The molecule has 0 aromatic carbocycles. The maximum absolute atomic E-state index is 8.48. The normalized spacial score (nSPS) is 10.6. The Morgan fingerprint density at radius 2 is 2.35 bits per heavy atom. The second-order valence-corrected chi connectivity index (χ2v) is 4.00. The summed E-state index contributed by atoms with van der Waals surface area (Å²) in [4.78, 5) is 4.22. The van der Waals surface area contributed by atoms with E-state index >= 15 is 0 Å². The molecule has 0 spiro atoms. The van der Waals surface area contributed by atoms with Crippen molar-refractivity contribution in [1.29, 1.82) is 5.26 Å². The van der Waals surface area contributed by atoms with Crippen LogP contribution in [0.15, 0.2) is 35.2 Å². The molecule has 17 heavy (non-hydrogen) atoms. The molecule has 4 heteroatoms. The van der Waals surface area contributed by atoms with Gasteiger partial charge in [0.2, 0.25) is 0 Å². The van der Waals surface area contributed by atoms with E-state index in [9.17, 15) is 0 Å². The van der Waals surface area contributed by atoms with Crippen molar-refractivity contribution in [1.82, 2.24) is 4.98 Å². The molecule has 2 nitrogen and oxygen atoms in total. The minimum Gasteiger partial charge on any atom is -0.241 e. The molecule has 0 fully saturated rings. The smallest absolute Gasteiger partial charge is 0.107 e. The molecule has 0 saturated heterocycles. The highest BCUT2D eigenvalue weighted by Crippen LogP contribution is 2.15. The van der Waals surface area contributed by atoms with Crippen molar-refractivity contribution < 1.29 is 0 Å². The minimum absolute atomic E-state index is 0.346. The molecule has 0 atom stereocenters. The first kappa shape index (κ1) is 15.6. The Morgan fingerprint density at radius 1 is 1.65 bits per heavy atom. The number of hydrogen-bond acceptors (Lipinski definition) is 3. The van der Waals surface area contributed by atoms with Crippen LogP contribution in [0.25, 0.3) is 6.08 Å². The van der Waals surface area contributed by atoms with Gasteiger partial charge in [0.25, 0.3) is 0 Å². The van der Waals surface area contributed by atoms with E-state index in [-0.39, 0.29) is 0 Å². The lowest BCUT2D eigenvalue weighted by atomic mass is 10.3. The van der Waals surface area contributed by atoms with Crippen molar-refractivity contribution in [3.63, 3.8) is 0 Å². The number of halogens is 1. The Hall–Kier alpha value is -1.37. The van der Waals surface area contributed by atoms with E-state index in [0.29, 0.717) is 11.5 Å². The van der Waals surface area contributed by atoms with Gasteiger partial charge >= 0.3 is 0 Å². The largest absolute Gasteiger partial charge is 0.241 e. The molecule has 0 aliphatic carbocycles. The summed E-state index contributed by atoms with van der Waals surface area (Å²) in [5.74, 6) is 0. The lowest BCUT2D eigenvalue weighted by Crippen LogP contribution is -1.79. The summed E-state index contributed by atoms with van der Waals surface area (Å²) in [7, 11) is 0. The second-order valence-electron chi connectivity index (χ2n) is 2.63. The van der Waals surface area contributed by atoms with Crippen LogP contribution in [0.4, 0.5) is 0 Å². The molecule has 0 saturated carbocycles. The zero-order valence-corrected chi connectivity index (χ0v) is 11.6. The number of allylic oxidation sites excluding steroid dienone is 4. The SMILES string of the molecule is C=C/C=C\C(Cl)=C\c1csc(CC#N)n1.CC. The van der Waals surface area contributed by atoms with Gasteiger partial charge in [0.15, 0.2) is 0 Å². The van der Waals surface area contributed by atoms with E-state index in [1.807, 2.05) is 19.2 Å². The fourth-order valence-corrected chi connectivity index (χ4v) is 1.76. The zero-order chi connectivity index (χ0) is 13.1. The van der Waals surface area contributed by atoms with E-state index < -0.39 is 0 Å². The minimum atomic E-state index is 0.346. The number of aromatic nitrogens is 1. The van der Waals surface area contributed by atoms with Crippen LogP contribution in [0, 0.1) is 11.3 Å². The van der Waals surface area contributed by atoms with Crippen molar-refractivity contribution in [3.05, 3.63) is 45.9 Å². The Morgan fingerprint density at radius 3 is 2.94 bits per heavy atom. The fourth-order valence-electron chi connectivity index (χ4n) is 0.890. The average molecular weight is 267 g/mol. The summed E-state index contributed by atoms with van der Waals surface area (Å²) in [6.07, 6.45) is 7.23. The molecule has 90 valence electrons. The number of nitrogens with zero attached hydrogens (tertiary/aromatic N) is 2. The third-order valence-corrected chi connectivity index (χ3v) is 2.58. The number of rotatable bonds is 4. The predicted molar refractivity (Wildman–Crippen MR) is 75.9 cm³/mol. The van der Waals surface area contributed by atoms with E-state index in [0.717, 1.165) is 10.7 Å². The van der Waals surface area contributed by atoms with Crippen LogP contribution in [-0.4, -0.2) is 4.98 Å². The molecular formula is C13H15ClN2S. The van der Waals surface area contributed by atoms with Crippen LogP contribution in [0.3, 0.4) is 0 Å². The van der Waals surface area contributed by atoms with Gasteiger partial charge in [-0.2, -0.15) is 5.26 Å². The molecule has 0 radical (unpaired) electrons. The first-order valence-corrected chi connectivity index (χ1v) is 6.49. The van der Waals surface area contributed by atoms with Gasteiger partial charge in [0.05, 0.1) is 18.2 Å². The van der Waals surface area contributed by atoms with E-state index in [2.05, 4.69) is 17.6 Å². The predicted octanol–water partition coefficient (Wildman–Crippen LogP) is 4.56. The third kappa shape index (κ3) is 6.72. The van der Waals surface area contributed by atoms with E-state index in [1.165, 1.54) is 11.3 Å². The van der Waals surface area contributed by atoms with Crippen molar-refractivity contribution in [2.75, 3.05) is 0 Å². The average Bonchev–Trinajstić information content (AvgIpc) is 2.77. The quantitative estimate of drug-likeness (QED) is 0.749. The summed E-state index contributed by atoms with van der Waals surface area (Å²) in [6.45, 7) is 7.55. The summed E-state index contributed by atoms with van der Waals surface area (Å²) < 4.78 is 0. The molecule has 0 unspecified atom stereocenters. The van der Waals surface area contributed by atoms with Gasteiger partial charge in [-0.3, -0.25) is 0 Å². The summed E-state index contributed by atoms with van der Waals surface area (Å²) in [5.41, 5.74) is 0.781. The first-order chi connectivity index (χ1) is 8.26. The van der Waals surface area contributed by atoms with Gasteiger partial charge in [-0.15, -0.1) is 11.3 Å². The van der Waals surface area contributed by atoms with Crippen molar-refractivity contribution in [3.8, 4) is 6.07 Å². The fraction of sp³-hybridized carbons (Fsp3) is 0.231. The number of nitriles is 1. The highest BCUT2D eigenvalue weighted by Gasteiger charge is 1.98. The molecule has 0 bridgehead atoms. The van der Waals surface area contributed by atoms with E-state index in [4.69, 9.17) is 16.9 Å². The second kappa shape index (κ2) is 9.83. The summed E-state index contributed by atoms with van der Waals surface area (Å²) in [6, 6.07) is 2.05. The van der Waals surface area contributed by atoms with Gasteiger partial charge in [0, 0.05) is 10.4 Å². The van der Waals surface area contributed by atoms with Crippen LogP contribution in [0.2, 0.25) is 0 Å². The molecule has 1 aromatic heterocycles. The van der Waals surface area contributed by atoms with Crippen LogP contribution in [0.1, 0.15) is 24.5 Å². The molecule has 0 N–H and O–H groups in total. The highest BCUT2D eigenvalue weighted by molar-refractivity contribution is 7.09. The van der Waals surface area contributed by atoms with Crippen molar-refractivity contribution in [2.24, 2.45) is 0 Å². The Balaban J connectivity index is 0.00000121. The number of hydrogen-bond donors (Lipinski definition) is 0. The molecule has 0 aliphatic rings. The molecule has 0 amide bonds. The van der Waals surface area contributed by atoms with Crippen molar-refractivity contribution in [2.45, 2.75) is 20.3 Å². The molecule has 1 aromatic rings. The molecule has 0 aliphatic heterocycles. The zero-order valence-electron chi connectivity index (χ0n) is 9.98. The van der Waals surface area contributed by atoms with Gasteiger partial charge < -0.3 is 0 Å². The molecule has 1 heterocycles. The van der Waals surface area contributed by atoms with E-state index in [1.54, 1.807) is 24.3 Å². The topological polar surface area (TPSA) is 36.7 Å².